The summed E-state index contributed by atoms with van der Waals surface area (Å²) >= 11 is 2.06. The number of nitrogens with zero attached hydrogens (tertiary/aromatic N) is 1. The Hall–Kier alpha value is -3.06. The van der Waals surface area contributed by atoms with Gasteiger partial charge in [-0.25, -0.2) is 9.59 Å². The number of nitriles is 1. The lowest BCUT2D eigenvalue weighted by Crippen LogP contribution is -2.21. The smallest absolute Gasteiger partial charge is 0.412 e. The van der Waals surface area contributed by atoms with E-state index >= 15 is 0 Å². The van der Waals surface area contributed by atoms with Crippen LogP contribution in [0.4, 0.5) is 10.5 Å². The molecule has 0 saturated carbocycles. The largest absolute Gasteiger partial charge is 0.508 e. The Labute approximate surface area is 175 Å². The molecule has 0 aromatic heterocycles. The van der Waals surface area contributed by atoms with Gasteiger partial charge in [0.05, 0.1) is 11.6 Å². The molecular formula is C20H17IN2O5. The van der Waals surface area contributed by atoms with Crippen molar-refractivity contribution in [1.82, 2.24) is 0 Å². The quantitative estimate of drug-likeness (QED) is 0.406. The van der Waals surface area contributed by atoms with Crippen LogP contribution in [0.2, 0.25) is 0 Å². The lowest BCUT2D eigenvalue weighted by Gasteiger charge is -2.23. The van der Waals surface area contributed by atoms with Crippen molar-refractivity contribution in [2.75, 3.05) is 5.32 Å². The summed E-state index contributed by atoms with van der Waals surface area (Å²) < 4.78 is 6.32. The molecule has 0 saturated heterocycles. The fourth-order valence-corrected chi connectivity index (χ4v) is 2.95. The van der Waals surface area contributed by atoms with Crippen LogP contribution in [-0.4, -0.2) is 22.3 Å². The van der Waals surface area contributed by atoms with Crippen LogP contribution in [0.1, 0.15) is 24.2 Å². The van der Waals surface area contributed by atoms with Crippen LogP contribution in [0.25, 0.3) is 0 Å². The zero-order valence-corrected chi connectivity index (χ0v) is 17.0. The van der Waals surface area contributed by atoms with Crippen molar-refractivity contribution < 1.29 is 24.5 Å². The first-order chi connectivity index (χ1) is 13.3. The third-order valence-electron chi connectivity index (χ3n) is 3.81. The minimum absolute atomic E-state index is 0.0628. The van der Waals surface area contributed by atoms with Crippen molar-refractivity contribution in [2.24, 2.45) is 5.92 Å². The van der Waals surface area contributed by atoms with Crippen molar-refractivity contribution in [2.45, 2.75) is 13.0 Å². The van der Waals surface area contributed by atoms with Gasteiger partial charge in [0, 0.05) is 26.8 Å². The van der Waals surface area contributed by atoms with Gasteiger partial charge in [-0.3, -0.25) is 5.32 Å². The first-order valence-electron chi connectivity index (χ1n) is 8.17. The molecule has 8 heteroatoms. The molecule has 0 unspecified atom stereocenters. The van der Waals surface area contributed by atoms with Crippen LogP contribution in [-0.2, 0) is 9.53 Å². The molecule has 0 aliphatic rings. The molecule has 144 valence electrons. The number of carbonyl (C=O) groups is 2. The van der Waals surface area contributed by atoms with Gasteiger partial charge in [-0.2, -0.15) is 5.26 Å². The first-order valence-corrected chi connectivity index (χ1v) is 9.25. The normalized spacial score (nSPS) is 12.8. The molecule has 0 fully saturated rings. The predicted molar refractivity (Wildman–Crippen MR) is 111 cm³/mol. The number of halogens is 1. The van der Waals surface area contributed by atoms with Gasteiger partial charge in [-0.15, -0.1) is 0 Å². The molecule has 2 aromatic carbocycles. The van der Waals surface area contributed by atoms with Gasteiger partial charge >= 0.3 is 12.1 Å². The van der Waals surface area contributed by atoms with Gasteiger partial charge in [-0.1, -0.05) is 13.0 Å². The number of rotatable bonds is 6. The molecule has 2 rings (SSSR count). The molecule has 2 atom stereocenters. The summed E-state index contributed by atoms with van der Waals surface area (Å²) in [5.74, 6) is -1.71. The average molecular weight is 492 g/mol. The van der Waals surface area contributed by atoms with Gasteiger partial charge in [0.2, 0.25) is 0 Å². The molecule has 0 aliphatic heterocycles. The number of ether oxygens (including phenoxy) is 1. The van der Waals surface area contributed by atoms with E-state index in [-0.39, 0.29) is 5.75 Å². The van der Waals surface area contributed by atoms with Crippen LogP contribution in [0.5, 0.6) is 5.75 Å². The molecule has 0 bridgehead atoms. The fraction of sp³-hybridized carbons (Fsp3) is 0.150. The highest BCUT2D eigenvalue weighted by Gasteiger charge is 2.25. The summed E-state index contributed by atoms with van der Waals surface area (Å²) in [5.41, 5.74) is 1.25. The first kappa shape index (κ1) is 21.2. The molecular weight excluding hydrogens is 475 g/mol. The molecule has 3 N–H and O–H groups in total. The number of hydrogen-bond acceptors (Lipinski definition) is 5. The minimum atomic E-state index is -1.13. The number of benzene rings is 2. The average Bonchev–Trinajstić information content (AvgIpc) is 2.67. The second-order valence-electron chi connectivity index (χ2n) is 5.90. The van der Waals surface area contributed by atoms with Crippen LogP contribution in [0.3, 0.4) is 0 Å². The van der Waals surface area contributed by atoms with E-state index in [4.69, 9.17) is 15.1 Å². The van der Waals surface area contributed by atoms with E-state index in [2.05, 4.69) is 27.9 Å². The van der Waals surface area contributed by atoms with E-state index in [0.717, 1.165) is 9.65 Å². The summed E-state index contributed by atoms with van der Waals surface area (Å²) in [7, 11) is 0. The predicted octanol–water partition coefficient (Wildman–Crippen LogP) is 4.44. The maximum Gasteiger partial charge on any atom is 0.412 e. The number of carbonyl (C=O) groups excluding carboxylic acids is 1. The number of carboxylic acids is 1. The molecule has 2 aromatic rings. The lowest BCUT2D eigenvalue weighted by atomic mass is 9.96. The van der Waals surface area contributed by atoms with Crippen molar-refractivity contribution in [1.29, 1.82) is 5.26 Å². The zero-order valence-electron chi connectivity index (χ0n) is 14.8. The standard InChI is InChI=1S/C20H17IN2O5/c1-12(2-9-18(25)26)19(16-10-14(21)5-8-17(16)24)28-20(27)23-15-6-3-13(11-22)4-7-15/h2-10,12,19,24H,1H3,(H,23,27)(H,25,26)/b9-2+/t12-,19+/m1/s1. The number of amides is 1. The molecule has 1 amide bonds. The lowest BCUT2D eigenvalue weighted by molar-refractivity contribution is -0.131. The third-order valence-corrected chi connectivity index (χ3v) is 4.48. The SMILES string of the molecule is C[C@H](/C=C/C(=O)O)[C@H](OC(=O)Nc1ccc(C#N)cc1)c1cc(I)ccc1O. The maximum atomic E-state index is 12.4. The number of nitrogens with one attached hydrogen (secondary N) is 1. The van der Waals surface area contributed by atoms with Crippen molar-refractivity contribution in [3.63, 3.8) is 0 Å². The van der Waals surface area contributed by atoms with Crippen molar-refractivity contribution in [3.8, 4) is 11.8 Å². The van der Waals surface area contributed by atoms with Gasteiger partial charge in [0.1, 0.15) is 11.9 Å². The summed E-state index contributed by atoms with van der Waals surface area (Å²) in [6, 6.07) is 13.1. The number of phenolic OH excluding ortho intramolecular Hbond substituents is 1. The van der Waals surface area contributed by atoms with E-state index < -0.39 is 24.1 Å². The summed E-state index contributed by atoms with van der Waals surface area (Å²) in [6.45, 7) is 1.68. The molecule has 0 aliphatic carbocycles. The molecule has 7 nitrogen and oxygen atoms in total. The van der Waals surface area contributed by atoms with Crippen LogP contribution < -0.4 is 5.32 Å². The second kappa shape index (κ2) is 9.75. The number of hydrogen-bond donors (Lipinski definition) is 3. The number of aliphatic carboxylic acids is 1. The Bertz CT molecular complexity index is 935. The van der Waals surface area contributed by atoms with Crippen LogP contribution in [0.15, 0.2) is 54.6 Å². The van der Waals surface area contributed by atoms with E-state index in [1.807, 2.05) is 6.07 Å². The van der Waals surface area contributed by atoms with E-state index in [0.29, 0.717) is 16.8 Å². The monoisotopic (exact) mass is 492 g/mol. The van der Waals surface area contributed by atoms with Crippen LogP contribution in [0, 0.1) is 20.8 Å². The minimum Gasteiger partial charge on any atom is -0.508 e. The number of phenols is 1. The highest BCUT2D eigenvalue weighted by atomic mass is 127. The van der Waals surface area contributed by atoms with Crippen molar-refractivity contribution >= 4 is 40.3 Å². The Balaban J connectivity index is 2.25. The third kappa shape index (κ3) is 5.99. The molecule has 0 spiro atoms. The Morgan fingerprint density at radius 2 is 1.93 bits per heavy atom. The van der Waals surface area contributed by atoms with Gasteiger partial charge in [-0.05, 0) is 65.1 Å². The van der Waals surface area contributed by atoms with E-state index in [1.54, 1.807) is 43.3 Å². The number of anilines is 1. The summed E-state index contributed by atoms with van der Waals surface area (Å²) in [4.78, 5) is 23.2. The Morgan fingerprint density at radius 3 is 2.54 bits per heavy atom. The topological polar surface area (TPSA) is 120 Å². The van der Waals surface area contributed by atoms with Gasteiger partial charge in [0.15, 0.2) is 0 Å². The zero-order chi connectivity index (χ0) is 20.7. The van der Waals surface area contributed by atoms with Crippen LogP contribution >= 0.6 is 22.6 Å². The second-order valence-corrected chi connectivity index (χ2v) is 7.15. The van der Waals surface area contributed by atoms with Gasteiger partial charge in [0.25, 0.3) is 0 Å². The van der Waals surface area contributed by atoms with E-state index in [9.17, 15) is 14.7 Å². The number of carboxylic acid groups (broad SMARTS) is 1. The fourth-order valence-electron chi connectivity index (χ4n) is 2.43. The molecule has 0 heterocycles. The van der Waals surface area contributed by atoms with E-state index in [1.165, 1.54) is 12.1 Å². The van der Waals surface area contributed by atoms with Gasteiger partial charge < -0.3 is 14.9 Å². The Kier molecular flexibility index (Phi) is 7.40. The van der Waals surface area contributed by atoms with Crippen molar-refractivity contribution in [3.05, 3.63) is 69.3 Å². The molecule has 28 heavy (non-hydrogen) atoms. The molecule has 0 radical (unpaired) electrons. The maximum absolute atomic E-state index is 12.4. The summed E-state index contributed by atoms with van der Waals surface area (Å²) in [6.07, 6.45) is 0.665. The summed E-state index contributed by atoms with van der Waals surface area (Å²) in [5, 5.41) is 30.4. The highest BCUT2D eigenvalue weighted by Crippen LogP contribution is 2.34. The Morgan fingerprint density at radius 1 is 1.25 bits per heavy atom. The number of aromatic hydroxyl groups is 1. The highest BCUT2D eigenvalue weighted by molar-refractivity contribution is 14.1.